The number of hydrogen-bond acceptors (Lipinski definition) is 3. The molecule has 2 aromatic rings. The summed E-state index contributed by atoms with van der Waals surface area (Å²) < 4.78 is 0. The molecular formula is C15H16ClN3O. The lowest BCUT2D eigenvalue weighted by Crippen LogP contribution is -2.30. The highest BCUT2D eigenvalue weighted by Gasteiger charge is 2.21. The molecule has 1 aromatic carbocycles. The first-order chi connectivity index (χ1) is 9.50. The number of nitrogens with zero attached hydrogens (tertiary/aromatic N) is 2. The standard InChI is InChI=1S/C15H16ClN3O/c1-10(11-6-4-3-5-7-11)19(2)15(20)12-8-14(16)18-9-13(12)17/h3-10H,17H2,1-2H3. The molecule has 0 bridgehead atoms. The Labute approximate surface area is 123 Å². The molecule has 1 aromatic heterocycles. The van der Waals surface area contributed by atoms with Crippen molar-refractivity contribution in [3.8, 4) is 0 Å². The van der Waals surface area contributed by atoms with E-state index in [4.69, 9.17) is 17.3 Å². The monoisotopic (exact) mass is 289 g/mol. The fraction of sp³-hybridized carbons (Fsp3) is 0.200. The fourth-order valence-electron chi connectivity index (χ4n) is 1.95. The average molecular weight is 290 g/mol. The Kier molecular flexibility index (Phi) is 4.25. The molecule has 1 amide bonds. The quantitative estimate of drug-likeness (QED) is 0.883. The third kappa shape index (κ3) is 2.91. The molecular weight excluding hydrogens is 274 g/mol. The van der Waals surface area contributed by atoms with Gasteiger partial charge < -0.3 is 10.6 Å². The zero-order chi connectivity index (χ0) is 14.7. The molecule has 2 N–H and O–H groups in total. The molecule has 0 radical (unpaired) electrons. The Morgan fingerprint density at radius 3 is 2.65 bits per heavy atom. The van der Waals surface area contributed by atoms with Crippen LogP contribution in [0.15, 0.2) is 42.6 Å². The molecule has 1 unspecified atom stereocenters. The van der Waals surface area contributed by atoms with Crippen molar-refractivity contribution >= 4 is 23.2 Å². The Bertz CT molecular complexity index is 616. The van der Waals surface area contributed by atoms with Gasteiger partial charge in [0.05, 0.1) is 23.5 Å². The van der Waals surface area contributed by atoms with Crippen LogP contribution < -0.4 is 5.73 Å². The predicted octanol–water partition coefficient (Wildman–Crippen LogP) is 3.15. The number of pyridine rings is 1. The summed E-state index contributed by atoms with van der Waals surface area (Å²) in [6.07, 6.45) is 1.40. The summed E-state index contributed by atoms with van der Waals surface area (Å²) in [6, 6.07) is 11.2. The second-order valence-electron chi connectivity index (χ2n) is 4.60. The minimum absolute atomic E-state index is 0.0601. The molecule has 104 valence electrons. The summed E-state index contributed by atoms with van der Waals surface area (Å²) in [5.74, 6) is -0.178. The second-order valence-corrected chi connectivity index (χ2v) is 4.98. The van der Waals surface area contributed by atoms with Gasteiger partial charge in [-0.1, -0.05) is 41.9 Å². The van der Waals surface area contributed by atoms with E-state index in [1.165, 1.54) is 12.3 Å². The van der Waals surface area contributed by atoms with Crippen molar-refractivity contribution < 1.29 is 4.79 Å². The number of aromatic nitrogens is 1. The van der Waals surface area contributed by atoms with Crippen molar-refractivity contribution in [2.75, 3.05) is 12.8 Å². The number of halogens is 1. The maximum Gasteiger partial charge on any atom is 0.256 e. The number of anilines is 1. The lowest BCUT2D eigenvalue weighted by molar-refractivity contribution is 0.0743. The average Bonchev–Trinajstić information content (AvgIpc) is 2.48. The van der Waals surface area contributed by atoms with Crippen molar-refractivity contribution in [2.45, 2.75) is 13.0 Å². The number of amides is 1. The number of nitrogen functional groups attached to an aromatic ring is 1. The van der Waals surface area contributed by atoms with Gasteiger partial charge in [-0.05, 0) is 18.6 Å². The van der Waals surface area contributed by atoms with Gasteiger partial charge in [0.1, 0.15) is 5.15 Å². The number of carbonyl (C=O) groups excluding carboxylic acids is 1. The van der Waals surface area contributed by atoms with Gasteiger partial charge in [-0.3, -0.25) is 4.79 Å². The molecule has 0 fully saturated rings. The number of benzene rings is 1. The molecule has 20 heavy (non-hydrogen) atoms. The highest BCUT2D eigenvalue weighted by molar-refractivity contribution is 6.29. The zero-order valence-corrected chi connectivity index (χ0v) is 12.1. The van der Waals surface area contributed by atoms with Gasteiger partial charge in [-0.15, -0.1) is 0 Å². The van der Waals surface area contributed by atoms with E-state index >= 15 is 0 Å². The van der Waals surface area contributed by atoms with E-state index in [9.17, 15) is 4.79 Å². The molecule has 1 atom stereocenters. The van der Waals surface area contributed by atoms with E-state index in [1.807, 2.05) is 37.3 Å². The maximum atomic E-state index is 12.5. The van der Waals surface area contributed by atoms with Crippen LogP contribution in [0.3, 0.4) is 0 Å². The number of rotatable bonds is 3. The summed E-state index contributed by atoms with van der Waals surface area (Å²) in [5, 5.41) is 0.253. The highest BCUT2D eigenvalue weighted by Crippen LogP contribution is 2.23. The normalized spacial score (nSPS) is 11.9. The van der Waals surface area contributed by atoms with E-state index in [2.05, 4.69) is 4.98 Å². The summed E-state index contributed by atoms with van der Waals surface area (Å²) >= 11 is 5.82. The largest absolute Gasteiger partial charge is 0.397 e. The van der Waals surface area contributed by atoms with Crippen LogP contribution in [-0.2, 0) is 0 Å². The molecule has 0 saturated carbocycles. The van der Waals surface area contributed by atoms with Gasteiger partial charge >= 0.3 is 0 Å². The summed E-state index contributed by atoms with van der Waals surface area (Å²) in [7, 11) is 1.74. The third-order valence-corrected chi connectivity index (χ3v) is 3.52. The van der Waals surface area contributed by atoms with Crippen LogP contribution >= 0.6 is 11.6 Å². The number of nitrogens with two attached hydrogens (primary N) is 1. The van der Waals surface area contributed by atoms with E-state index in [0.29, 0.717) is 11.3 Å². The molecule has 0 aliphatic carbocycles. The zero-order valence-electron chi connectivity index (χ0n) is 11.4. The van der Waals surface area contributed by atoms with Gasteiger partial charge in [-0.2, -0.15) is 0 Å². The first kappa shape index (κ1) is 14.3. The Balaban J connectivity index is 2.27. The first-order valence-corrected chi connectivity index (χ1v) is 6.61. The second kappa shape index (κ2) is 5.92. The lowest BCUT2D eigenvalue weighted by atomic mass is 10.1. The maximum absolute atomic E-state index is 12.5. The smallest absolute Gasteiger partial charge is 0.256 e. The Morgan fingerprint density at radius 2 is 2.00 bits per heavy atom. The van der Waals surface area contributed by atoms with Crippen LogP contribution in [0.4, 0.5) is 5.69 Å². The van der Waals surface area contributed by atoms with Crippen molar-refractivity contribution in [1.82, 2.24) is 9.88 Å². The van der Waals surface area contributed by atoms with Gasteiger partial charge in [0.2, 0.25) is 0 Å². The summed E-state index contributed by atoms with van der Waals surface area (Å²) in [6.45, 7) is 1.96. The van der Waals surface area contributed by atoms with Crippen molar-refractivity contribution in [3.05, 3.63) is 58.9 Å². The van der Waals surface area contributed by atoms with Crippen LogP contribution in [0.2, 0.25) is 5.15 Å². The highest BCUT2D eigenvalue weighted by atomic mass is 35.5. The van der Waals surface area contributed by atoms with E-state index in [-0.39, 0.29) is 17.1 Å². The van der Waals surface area contributed by atoms with Gasteiger partial charge in [0, 0.05) is 7.05 Å². The predicted molar refractivity (Wildman–Crippen MR) is 80.6 cm³/mol. The van der Waals surface area contributed by atoms with Crippen LogP contribution in [0, 0.1) is 0 Å². The van der Waals surface area contributed by atoms with Gasteiger partial charge in [-0.25, -0.2) is 4.98 Å². The molecule has 0 saturated heterocycles. The van der Waals surface area contributed by atoms with Gasteiger partial charge in [0.15, 0.2) is 0 Å². The van der Waals surface area contributed by atoms with Crippen molar-refractivity contribution in [2.24, 2.45) is 0 Å². The number of carbonyl (C=O) groups is 1. The molecule has 0 spiro atoms. The van der Waals surface area contributed by atoms with E-state index in [0.717, 1.165) is 5.56 Å². The fourth-order valence-corrected chi connectivity index (χ4v) is 2.10. The van der Waals surface area contributed by atoms with Crippen LogP contribution in [-0.4, -0.2) is 22.8 Å². The number of hydrogen-bond donors (Lipinski definition) is 1. The minimum Gasteiger partial charge on any atom is -0.397 e. The molecule has 5 heteroatoms. The summed E-state index contributed by atoms with van der Waals surface area (Å²) in [5.41, 5.74) is 7.55. The van der Waals surface area contributed by atoms with Crippen molar-refractivity contribution in [3.63, 3.8) is 0 Å². The first-order valence-electron chi connectivity index (χ1n) is 6.24. The lowest BCUT2D eigenvalue weighted by Gasteiger charge is -2.26. The van der Waals surface area contributed by atoms with Crippen LogP contribution in [0.5, 0.6) is 0 Å². The third-order valence-electron chi connectivity index (χ3n) is 3.32. The van der Waals surface area contributed by atoms with Crippen LogP contribution in [0.1, 0.15) is 28.9 Å². The molecule has 2 rings (SSSR count). The molecule has 0 aliphatic heterocycles. The Hall–Kier alpha value is -2.07. The topological polar surface area (TPSA) is 59.2 Å². The molecule has 4 nitrogen and oxygen atoms in total. The van der Waals surface area contributed by atoms with Gasteiger partial charge in [0.25, 0.3) is 5.91 Å². The Morgan fingerprint density at radius 1 is 1.35 bits per heavy atom. The van der Waals surface area contributed by atoms with E-state index < -0.39 is 0 Å². The van der Waals surface area contributed by atoms with Crippen molar-refractivity contribution in [1.29, 1.82) is 0 Å². The van der Waals surface area contributed by atoms with Crippen LogP contribution in [0.25, 0.3) is 0 Å². The molecule has 1 heterocycles. The summed E-state index contributed by atoms with van der Waals surface area (Å²) in [4.78, 5) is 18.0. The SMILES string of the molecule is CC(c1ccccc1)N(C)C(=O)c1cc(Cl)ncc1N. The minimum atomic E-state index is -0.178. The van der Waals surface area contributed by atoms with E-state index in [1.54, 1.807) is 11.9 Å². The molecule has 0 aliphatic rings.